The van der Waals surface area contributed by atoms with Crippen molar-refractivity contribution in [2.75, 3.05) is 56.2 Å². The number of benzene rings is 1. The highest BCUT2D eigenvalue weighted by molar-refractivity contribution is 5.66. The number of halogens is 4. The Morgan fingerprint density at radius 2 is 1.95 bits per heavy atom. The fraction of sp³-hybridized carbons (Fsp3) is 0.571. The van der Waals surface area contributed by atoms with Crippen molar-refractivity contribution in [3.63, 3.8) is 0 Å². The van der Waals surface area contributed by atoms with Gasteiger partial charge in [-0.25, -0.2) is 9.18 Å². The third-order valence-electron chi connectivity index (χ3n) is 8.29. The van der Waals surface area contributed by atoms with Crippen molar-refractivity contribution >= 4 is 17.6 Å². The molecule has 0 saturated carbocycles. The molecule has 5 rings (SSSR count). The first kappa shape index (κ1) is 29.6. The molecule has 0 aliphatic carbocycles. The van der Waals surface area contributed by atoms with E-state index in [9.17, 15) is 32.7 Å². The molecule has 42 heavy (non-hydrogen) atoms. The molecule has 10 nitrogen and oxygen atoms in total. The monoisotopic (exact) mass is 591 g/mol. The maximum Gasteiger partial charge on any atom is 0.421 e. The van der Waals surface area contributed by atoms with E-state index in [1.807, 2.05) is 11.9 Å². The highest BCUT2D eigenvalue weighted by atomic mass is 19.4. The Morgan fingerprint density at radius 1 is 1.14 bits per heavy atom. The molecule has 0 radical (unpaired) electrons. The molecule has 4 heterocycles. The van der Waals surface area contributed by atoms with E-state index in [0.717, 1.165) is 31.0 Å². The maximum atomic E-state index is 14.5. The second-order valence-electron chi connectivity index (χ2n) is 10.9. The largest absolute Gasteiger partial charge is 0.465 e. The van der Waals surface area contributed by atoms with Crippen LogP contribution < -0.4 is 14.5 Å². The molecule has 3 aliphatic heterocycles. The number of likely N-dealkylation sites (tertiary alicyclic amines) is 1. The number of nitrogens with zero attached hydrogens (tertiary/aromatic N) is 7. The minimum atomic E-state index is -4.88. The van der Waals surface area contributed by atoms with Gasteiger partial charge in [-0.15, -0.1) is 0 Å². The van der Waals surface area contributed by atoms with Crippen molar-refractivity contribution in [3.05, 3.63) is 40.8 Å². The normalized spacial score (nSPS) is 21.6. The molecule has 1 aromatic carbocycles. The number of hydrogen-bond acceptors (Lipinski definition) is 8. The summed E-state index contributed by atoms with van der Waals surface area (Å²) in [6.45, 7) is 2.19. The van der Waals surface area contributed by atoms with E-state index in [-0.39, 0.29) is 50.3 Å². The number of anilines is 2. The summed E-state index contributed by atoms with van der Waals surface area (Å²) in [5, 5.41) is 19.0. The maximum absolute atomic E-state index is 14.5. The summed E-state index contributed by atoms with van der Waals surface area (Å²) in [5.74, 6) is -0.808. The molecule has 2 fully saturated rings. The summed E-state index contributed by atoms with van der Waals surface area (Å²) in [6.07, 6.45) is -3.08. The van der Waals surface area contributed by atoms with Crippen LogP contribution in [0.5, 0.6) is 6.01 Å². The van der Waals surface area contributed by atoms with Gasteiger partial charge >= 0.3 is 18.3 Å². The molecule has 0 unspecified atom stereocenters. The van der Waals surface area contributed by atoms with Gasteiger partial charge in [-0.1, -0.05) is 6.07 Å². The lowest BCUT2D eigenvalue weighted by Crippen LogP contribution is -2.55. The van der Waals surface area contributed by atoms with Gasteiger partial charge in [-0.05, 0) is 51.4 Å². The first-order valence-corrected chi connectivity index (χ1v) is 14.0. The van der Waals surface area contributed by atoms with Crippen LogP contribution in [0.15, 0.2) is 18.2 Å². The molecule has 1 amide bonds. The second-order valence-corrected chi connectivity index (χ2v) is 10.9. The minimum absolute atomic E-state index is 0.00101. The van der Waals surface area contributed by atoms with E-state index in [4.69, 9.17) is 9.72 Å². The number of nitriles is 1. The van der Waals surface area contributed by atoms with E-state index in [2.05, 4.69) is 16.0 Å². The number of carboxylic acid groups (broad SMARTS) is 1. The van der Waals surface area contributed by atoms with Crippen LogP contribution in [0, 0.1) is 17.1 Å². The van der Waals surface area contributed by atoms with Crippen molar-refractivity contribution in [3.8, 4) is 12.1 Å². The summed E-state index contributed by atoms with van der Waals surface area (Å²) in [5.41, 5.74) is -0.364. The number of fused-ring (bicyclic) bond motifs is 1. The van der Waals surface area contributed by atoms with Crippen molar-refractivity contribution in [2.45, 2.75) is 56.9 Å². The molecule has 2 saturated heterocycles. The molecule has 2 aromatic rings. The number of amides is 1. The molecule has 1 N–H and O–H groups in total. The summed E-state index contributed by atoms with van der Waals surface area (Å²) >= 11 is 0. The molecule has 0 bridgehead atoms. The number of aromatic nitrogens is 2. The quantitative estimate of drug-likeness (QED) is 0.496. The van der Waals surface area contributed by atoms with Gasteiger partial charge in [0.1, 0.15) is 23.8 Å². The standard InChI is InChI=1S/C28H33F4N7O3/c1-36-11-3-5-19(36)17-42-26-34-22-16-37(23-8-2-7-21(29)24(23)28(30,31)32)12-4-6-20(22)25(35-26)38-13-14-39(27(40)41)18(15-38)9-10-33/h2,7-8,18-19H,3-6,9,11-17H2,1H3,(H,40,41)/t18-,19-/m0/s1. The molecular formula is C28H33F4N7O3. The van der Waals surface area contributed by atoms with Crippen LogP contribution in [0.2, 0.25) is 0 Å². The Labute approximate surface area is 241 Å². The van der Waals surface area contributed by atoms with E-state index >= 15 is 0 Å². The smallest absolute Gasteiger partial charge is 0.421 e. The number of piperazine rings is 1. The summed E-state index contributed by atoms with van der Waals surface area (Å²) in [4.78, 5) is 28.0. The zero-order valence-electron chi connectivity index (χ0n) is 23.3. The Balaban J connectivity index is 1.52. The number of alkyl halides is 3. The third-order valence-corrected chi connectivity index (χ3v) is 8.29. The van der Waals surface area contributed by atoms with E-state index in [1.54, 1.807) is 0 Å². The SMILES string of the molecule is CN1CCC[C@H]1COc1nc2c(c(N3CCN(C(=O)O)[C@@H](CC#N)C3)n1)CCCN(c1cccc(F)c1C(F)(F)F)C2. The molecule has 14 heteroatoms. The Kier molecular flexibility index (Phi) is 8.58. The van der Waals surface area contributed by atoms with Crippen LogP contribution in [0.3, 0.4) is 0 Å². The lowest BCUT2D eigenvalue weighted by molar-refractivity contribution is -0.139. The van der Waals surface area contributed by atoms with Crippen LogP contribution in [0.1, 0.15) is 42.5 Å². The van der Waals surface area contributed by atoms with Gasteiger partial charge < -0.3 is 29.4 Å². The number of carbonyl (C=O) groups is 1. The number of rotatable bonds is 6. The number of ether oxygens (including phenoxy) is 1. The first-order chi connectivity index (χ1) is 20.1. The highest BCUT2D eigenvalue weighted by Gasteiger charge is 2.39. The summed E-state index contributed by atoms with van der Waals surface area (Å²) in [6, 6.07) is 5.07. The first-order valence-electron chi connectivity index (χ1n) is 14.0. The van der Waals surface area contributed by atoms with Gasteiger partial charge in [0.2, 0.25) is 0 Å². The van der Waals surface area contributed by atoms with Crippen LogP contribution >= 0.6 is 0 Å². The predicted octanol–water partition coefficient (Wildman–Crippen LogP) is 4.14. The van der Waals surface area contributed by atoms with Crippen molar-refractivity contribution in [1.29, 1.82) is 5.26 Å². The van der Waals surface area contributed by atoms with Gasteiger partial charge in [0.15, 0.2) is 0 Å². The van der Waals surface area contributed by atoms with Crippen LogP contribution in [0.4, 0.5) is 33.9 Å². The molecule has 3 aliphatic rings. The van der Waals surface area contributed by atoms with Gasteiger partial charge in [-0.2, -0.15) is 28.4 Å². The van der Waals surface area contributed by atoms with Crippen molar-refractivity contribution < 1.29 is 32.2 Å². The van der Waals surface area contributed by atoms with Gasteiger partial charge in [0.25, 0.3) is 0 Å². The van der Waals surface area contributed by atoms with Gasteiger partial charge in [0.05, 0.1) is 36.5 Å². The highest BCUT2D eigenvalue weighted by Crippen LogP contribution is 2.40. The second kappa shape index (κ2) is 12.2. The van der Waals surface area contributed by atoms with Gasteiger partial charge in [-0.3, -0.25) is 0 Å². The number of likely N-dealkylation sites (N-methyl/N-ethyl adjacent to an activating group) is 1. The Hall–Kier alpha value is -3.86. The Morgan fingerprint density at radius 3 is 2.64 bits per heavy atom. The fourth-order valence-electron chi connectivity index (χ4n) is 6.12. The van der Waals surface area contributed by atoms with Crippen molar-refractivity contribution in [1.82, 2.24) is 19.8 Å². The third kappa shape index (κ3) is 6.16. The Bertz CT molecular complexity index is 1350. The van der Waals surface area contributed by atoms with Gasteiger partial charge in [0, 0.05) is 37.8 Å². The topological polar surface area (TPSA) is 109 Å². The van der Waals surface area contributed by atoms with Crippen molar-refractivity contribution in [2.24, 2.45) is 0 Å². The molecule has 0 spiro atoms. The van der Waals surface area contributed by atoms with Crippen LogP contribution in [-0.2, 0) is 19.1 Å². The average Bonchev–Trinajstić information content (AvgIpc) is 3.22. The lowest BCUT2D eigenvalue weighted by Gasteiger charge is -2.40. The van der Waals surface area contributed by atoms with Crippen LogP contribution in [0.25, 0.3) is 0 Å². The van der Waals surface area contributed by atoms with E-state index in [1.165, 1.54) is 21.9 Å². The summed E-state index contributed by atoms with van der Waals surface area (Å²) in [7, 11) is 2.01. The minimum Gasteiger partial charge on any atom is -0.465 e. The lowest BCUT2D eigenvalue weighted by atomic mass is 10.1. The molecule has 2 atom stereocenters. The molecule has 1 aromatic heterocycles. The zero-order chi connectivity index (χ0) is 30.0. The zero-order valence-corrected chi connectivity index (χ0v) is 23.3. The predicted molar refractivity (Wildman–Crippen MR) is 145 cm³/mol. The molecule has 226 valence electrons. The fourth-order valence-corrected chi connectivity index (χ4v) is 6.12. The van der Waals surface area contributed by atoms with E-state index < -0.39 is 29.7 Å². The average molecular weight is 592 g/mol. The van der Waals surface area contributed by atoms with Crippen LogP contribution in [-0.4, -0.2) is 89.4 Å². The summed E-state index contributed by atoms with van der Waals surface area (Å²) < 4.78 is 62.3. The van der Waals surface area contributed by atoms with E-state index in [0.29, 0.717) is 37.5 Å². The number of hydrogen-bond donors (Lipinski definition) is 1. The molecular weight excluding hydrogens is 558 g/mol.